The average molecular weight is 1030 g/mol. The van der Waals surface area contributed by atoms with Crippen molar-refractivity contribution in [1.29, 1.82) is 0 Å². The third kappa shape index (κ3) is 23.2. The monoisotopic (exact) mass is 1030 g/mol. The fourth-order valence-corrected chi connectivity index (χ4v) is 10.4. The summed E-state index contributed by atoms with van der Waals surface area (Å²) >= 11 is 0. The number of nitrogens with zero attached hydrogens (tertiary/aromatic N) is 1. The first-order valence-corrected chi connectivity index (χ1v) is 26.2. The van der Waals surface area contributed by atoms with E-state index in [1.54, 1.807) is 7.05 Å². The van der Waals surface area contributed by atoms with Gasteiger partial charge in [-0.1, -0.05) is 24.3 Å². The van der Waals surface area contributed by atoms with Crippen LogP contribution in [0.4, 0.5) is 0 Å². The van der Waals surface area contributed by atoms with Crippen molar-refractivity contribution >= 4 is 247 Å². The number of carboxylic acids is 1. The van der Waals surface area contributed by atoms with Crippen molar-refractivity contribution in [2.24, 2.45) is 0 Å². The van der Waals surface area contributed by atoms with E-state index in [9.17, 15) is 53.3 Å². The number of rotatable bonds is 34. The molecular formula is C30H45B30N4O13S. The maximum atomic E-state index is 13.6. The molecule has 48 heteroatoms. The predicted octanol–water partition coefficient (Wildman–Crippen LogP) is -15.3. The predicted molar refractivity (Wildman–Crippen MR) is 343 cm³/mol. The molecule has 0 unspecified atom stereocenters. The number of hydrogen-bond donors (Lipinski definition) is 11. The number of aliphatic hydroxyl groups excluding tert-OH is 5. The summed E-state index contributed by atoms with van der Waals surface area (Å²) in [6.45, 7) is -1.23. The molecule has 0 heterocycles. The largest absolute Gasteiger partial charge is 0.488 e. The molecule has 359 valence electrons. The van der Waals surface area contributed by atoms with Crippen LogP contribution in [0.3, 0.4) is 0 Å². The van der Waals surface area contributed by atoms with Crippen LogP contribution < -0.4 is 20.8 Å². The first kappa shape index (κ1) is 74.4. The summed E-state index contributed by atoms with van der Waals surface area (Å²) in [7, 11) is 87.5. The van der Waals surface area contributed by atoms with Crippen LogP contribution in [0.5, 0.6) is 0 Å². The number of sulfonamides is 1. The molecule has 17 nitrogen and oxygen atoms in total. The summed E-state index contributed by atoms with van der Waals surface area (Å²) in [6, 6.07) is 8.46. The molecular weight excluding hydrogens is 981 g/mol. The maximum Gasteiger partial charge on any atom is 0.488 e. The van der Waals surface area contributed by atoms with Gasteiger partial charge in [0.2, 0.25) is 15.9 Å². The lowest BCUT2D eigenvalue weighted by Gasteiger charge is -2.49. The van der Waals surface area contributed by atoms with E-state index in [-0.39, 0.29) is 22.3 Å². The summed E-state index contributed by atoms with van der Waals surface area (Å²) in [5.41, 5.74) is 0.558. The molecule has 0 bridgehead atoms. The van der Waals surface area contributed by atoms with Crippen LogP contribution in [0, 0.1) is 0 Å². The van der Waals surface area contributed by atoms with Crippen LogP contribution in [0.25, 0.3) is 0 Å². The zero-order valence-electron chi connectivity index (χ0n) is 43.8. The van der Waals surface area contributed by atoms with Crippen molar-refractivity contribution in [2.75, 3.05) is 33.8 Å². The van der Waals surface area contributed by atoms with E-state index in [1.807, 2.05) is 0 Å². The lowest BCUT2D eigenvalue weighted by atomic mass is 8.32. The second kappa shape index (κ2) is 36.2. The number of nitrogens with one attached hydrogen (secondary N) is 3. The Kier molecular flexibility index (Phi) is 34.5. The van der Waals surface area contributed by atoms with Crippen molar-refractivity contribution in [3.63, 3.8) is 0 Å². The fourth-order valence-electron chi connectivity index (χ4n) is 9.14. The van der Waals surface area contributed by atoms with Gasteiger partial charge in [-0.25, -0.2) is 8.42 Å². The molecule has 0 saturated heterocycles. The number of unbranched alkanes of at least 4 members (excludes halogenated alkanes) is 1. The molecule has 0 aliphatic heterocycles. The maximum absolute atomic E-state index is 13.6. The van der Waals surface area contributed by atoms with Crippen LogP contribution >= 0.6 is 0 Å². The quantitative estimate of drug-likeness (QED) is 0.0230. The minimum absolute atomic E-state index is 0.125. The molecule has 0 aromatic heterocycles. The van der Waals surface area contributed by atoms with Crippen LogP contribution in [0.2, 0.25) is 0 Å². The number of carboxylic acid groups (broad SMARTS) is 1. The van der Waals surface area contributed by atoms with Gasteiger partial charge in [0, 0.05) is 232 Å². The SMILES string of the molecule is CN[C@@H](CCCCNC(=O)c1ccc(C[C@H](NS(=O)(=O)c2cccc(B(O)O)c2)C(=O)N(C)C[C@@H](O)[C@H](O)[C@@H](O)[C@@H](O)CO)cc1)C(=O)O.[B][B]B(B([B])[B])B(B(B([B])[B])B([B])[B])B(B(B([B])[B])B([B])[B])B(B([B])[B])B([B])[B]. The molecule has 0 spiro atoms. The van der Waals surface area contributed by atoms with Crippen molar-refractivity contribution in [1.82, 2.24) is 20.3 Å². The summed E-state index contributed by atoms with van der Waals surface area (Å²) < 4.78 is 29.0. The molecule has 2 amide bonds. The Hall–Kier alpha value is -1.61. The van der Waals surface area contributed by atoms with E-state index in [1.165, 1.54) is 56.6 Å². The number of likely N-dealkylation sites (N-methyl/N-ethyl adjacent to an activating group) is 2. The highest BCUT2D eigenvalue weighted by Gasteiger charge is 2.51. The molecule has 2 aromatic carbocycles. The first-order chi connectivity index (χ1) is 36.2. The van der Waals surface area contributed by atoms with E-state index in [4.69, 9.17) is 126 Å². The minimum atomic E-state index is -4.47. The van der Waals surface area contributed by atoms with Crippen LogP contribution in [-0.4, -0.2) is 355 Å². The summed E-state index contributed by atoms with van der Waals surface area (Å²) in [5, 5.41) is 82.6. The third-order valence-electron chi connectivity index (χ3n) is 13.3. The van der Waals surface area contributed by atoms with Gasteiger partial charge in [0.25, 0.3) is 5.91 Å². The highest BCUT2D eigenvalue weighted by atomic mass is 32.2. The number of hydrogen-bond acceptors (Lipinski definition) is 13. The van der Waals surface area contributed by atoms with Crippen LogP contribution in [0.1, 0.15) is 35.2 Å². The van der Waals surface area contributed by atoms with Crippen LogP contribution in [-0.2, 0) is 26.0 Å². The van der Waals surface area contributed by atoms with E-state index >= 15 is 0 Å². The molecule has 2 aromatic rings. The van der Waals surface area contributed by atoms with Gasteiger partial charge in [0.05, 0.1) is 11.5 Å². The van der Waals surface area contributed by atoms with Gasteiger partial charge < -0.3 is 56.2 Å². The molecule has 0 saturated carbocycles. The number of benzene rings is 2. The van der Waals surface area contributed by atoms with E-state index in [2.05, 4.69) is 15.4 Å². The van der Waals surface area contributed by atoms with E-state index in [0.717, 1.165) is 11.0 Å². The summed E-state index contributed by atoms with van der Waals surface area (Å²) in [6.07, 6.45) is -18.2. The summed E-state index contributed by atoms with van der Waals surface area (Å²) in [4.78, 5) is 37.8. The molecule has 0 aliphatic rings. The smallest absolute Gasteiger partial charge is 0.480 e. The Bertz CT molecular complexity index is 2170. The Morgan fingerprint density at radius 1 is 0.679 bits per heavy atom. The number of amides is 2. The Balaban J connectivity index is 0.000000895. The average Bonchev–Trinajstić information content (AvgIpc) is 3.35. The lowest BCUT2D eigenvalue weighted by Crippen LogP contribution is -2.87. The molecule has 2 rings (SSSR count). The van der Waals surface area contributed by atoms with Crippen molar-refractivity contribution in [3.05, 3.63) is 59.7 Å². The van der Waals surface area contributed by atoms with Gasteiger partial charge >= 0.3 is 13.1 Å². The Morgan fingerprint density at radius 3 is 1.59 bits per heavy atom. The van der Waals surface area contributed by atoms with E-state index < -0.39 is 168 Å². The molecule has 6 atom stereocenters. The normalized spacial score (nSPS) is 13.1. The molecule has 31 radical (unpaired) electrons. The zero-order valence-corrected chi connectivity index (χ0v) is 44.6. The van der Waals surface area contributed by atoms with Crippen molar-refractivity contribution < 1.29 is 63.5 Å². The first-order valence-electron chi connectivity index (χ1n) is 24.7. The second-order valence-electron chi connectivity index (χ2n) is 19.2. The zero-order chi connectivity index (χ0) is 60.1. The van der Waals surface area contributed by atoms with Gasteiger partial charge in [-0.3, -0.25) is 14.4 Å². The van der Waals surface area contributed by atoms with Gasteiger partial charge in [-0.2, -0.15) is 4.72 Å². The van der Waals surface area contributed by atoms with Gasteiger partial charge in [-0.05, 0) is 68.0 Å². The Morgan fingerprint density at radius 2 is 1.17 bits per heavy atom. The molecule has 0 fully saturated rings. The van der Waals surface area contributed by atoms with E-state index in [0.29, 0.717) is 31.4 Å². The van der Waals surface area contributed by atoms with Gasteiger partial charge in [-0.15, -0.1) is 0 Å². The number of carbonyl (C=O) groups is 3. The fraction of sp³-hybridized carbons (Fsp3) is 0.500. The van der Waals surface area contributed by atoms with Gasteiger partial charge in [0.1, 0.15) is 36.5 Å². The topological polar surface area (TPSA) is 287 Å². The lowest BCUT2D eigenvalue weighted by molar-refractivity contribution is -0.140. The van der Waals surface area contributed by atoms with Gasteiger partial charge in [0.15, 0.2) is 0 Å². The molecule has 11 N–H and O–H groups in total. The van der Waals surface area contributed by atoms with Crippen molar-refractivity contribution in [2.45, 2.75) is 67.1 Å². The third-order valence-corrected chi connectivity index (χ3v) is 14.8. The Labute approximate surface area is 487 Å². The molecule has 78 heavy (non-hydrogen) atoms. The van der Waals surface area contributed by atoms with Crippen molar-refractivity contribution in [3.8, 4) is 0 Å². The number of aliphatic carboxylic acids is 1. The number of aliphatic hydroxyl groups is 5. The number of carbonyl (C=O) groups excluding carboxylic acids is 2. The standard InChI is InChI=1S/C30H45BN4O13S.B29/c1-32-22(30(43)44)8-3-4-13-33-28(41)19-11-9-18(10-12-19)14-23(34-49(47,48)21-7-5-6-20(15-21)31(45)46)29(42)35(2)16-24(37)26(39)27(40)25(38)17-36;1-16-24(17(2)3)28(25(18(4)5)19(6)7)29(26(20(8)9)21(10)11)27(22(12)13)23(14)15/h5-7,9-12,15,22-27,32,34,36-40,45-46H,3-4,8,13-14,16-17H2,1-2H3,(H,33,41)(H,43,44);/t22-,23-,24+,25-,26-,27-;/m0./s1. The minimum Gasteiger partial charge on any atom is -0.480 e. The second-order valence-corrected chi connectivity index (χ2v) is 20.9. The highest BCUT2D eigenvalue weighted by molar-refractivity contribution is 8.27. The molecule has 0 aliphatic carbocycles. The highest BCUT2D eigenvalue weighted by Crippen LogP contribution is 2.17. The summed E-state index contributed by atoms with van der Waals surface area (Å²) in [5.74, 6) is -2.25. The van der Waals surface area contributed by atoms with Crippen LogP contribution in [0.15, 0.2) is 53.4 Å².